The van der Waals surface area contributed by atoms with Crippen LogP contribution < -0.4 is 21.3 Å². The number of H-pyrrole nitrogens is 1. The third kappa shape index (κ3) is 5.47. The van der Waals surface area contributed by atoms with Gasteiger partial charge in [-0.25, -0.2) is 4.98 Å². The van der Waals surface area contributed by atoms with Gasteiger partial charge in [-0.3, -0.25) is 14.7 Å². The molecular formula is C18H25N5O3. The molecule has 2 aromatic rings. The van der Waals surface area contributed by atoms with Crippen LogP contribution in [0.1, 0.15) is 12.0 Å². The highest BCUT2D eigenvalue weighted by Crippen LogP contribution is 2.16. The number of nitrogens with one attached hydrogen (secondary N) is 2. The molecule has 0 atom stereocenters. The summed E-state index contributed by atoms with van der Waals surface area (Å²) in [5, 5.41) is 3.04. The van der Waals surface area contributed by atoms with Crippen LogP contribution >= 0.6 is 0 Å². The lowest BCUT2D eigenvalue weighted by atomic mass is 10.2. The number of hydrogen-bond donors (Lipinski definition) is 3. The van der Waals surface area contributed by atoms with Crippen molar-refractivity contribution >= 4 is 11.6 Å². The zero-order valence-electron chi connectivity index (χ0n) is 14.7. The fourth-order valence-electron chi connectivity index (χ4n) is 2.71. The van der Waals surface area contributed by atoms with Gasteiger partial charge in [0.1, 0.15) is 11.4 Å². The van der Waals surface area contributed by atoms with E-state index in [9.17, 15) is 4.79 Å². The van der Waals surface area contributed by atoms with Crippen molar-refractivity contribution in [3.05, 3.63) is 46.4 Å². The quantitative estimate of drug-likeness (QED) is 0.605. The van der Waals surface area contributed by atoms with Crippen LogP contribution in [0, 0.1) is 0 Å². The van der Waals surface area contributed by atoms with Crippen LogP contribution in [0.4, 0.5) is 11.6 Å². The Morgan fingerprint density at radius 3 is 3.00 bits per heavy atom. The molecule has 4 N–H and O–H groups in total. The van der Waals surface area contributed by atoms with E-state index in [0.29, 0.717) is 19.1 Å². The summed E-state index contributed by atoms with van der Waals surface area (Å²) in [6.45, 7) is 5.68. The minimum atomic E-state index is -0.337. The first-order chi connectivity index (χ1) is 12.7. The van der Waals surface area contributed by atoms with Gasteiger partial charge in [-0.1, -0.05) is 12.1 Å². The molecule has 1 aromatic carbocycles. The Morgan fingerprint density at radius 2 is 2.19 bits per heavy atom. The van der Waals surface area contributed by atoms with Crippen LogP contribution in [0.3, 0.4) is 0 Å². The topological polar surface area (TPSA) is 106 Å². The molecule has 0 radical (unpaired) electrons. The number of anilines is 2. The Bertz CT molecular complexity index is 758. The number of nitrogens with zero attached hydrogens (tertiary/aromatic N) is 2. The highest BCUT2D eigenvalue weighted by atomic mass is 16.5. The van der Waals surface area contributed by atoms with E-state index in [1.165, 1.54) is 11.8 Å². The van der Waals surface area contributed by atoms with Crippen molar-refractivity contribution in [2.24, 2.45) is 0 Å². The van der Waals surface area contributed by atoms with Gasteiger partial charge in [0.05, 0.1) is 26.0 Å². The second kappa shape index (κ2) is 9.21. The Labute approximate surface area is 152 Å². The number of nitrogen functional groups attached to an aromatic ring is 1. The molecule has 0 unspecified atom stereocenters. The van der Waals surface area contributed by atoms with Gasteiger partial charge in [0.15, 0.2) is 0 Å². The summed E-state index contributed by atoms with van der Waals surface area (Å²) in [5.41, 5.74) is 6.45. The molecule has 140 valence electrons. The second-order valence-electron chi connectivity index (χ2n) is 6.18. The normalized spacial score (nSPS) is 14.9. The summed E-state index contributed by atoms with van der Waals surface area (Å²) in [6, 6.07) is 8.19. The Hall–Kier alpha value is -2.58. The lowest BCUT2D eigenvalue weighted by Gasteiger charge is -2.26. The molecule has 1 fully saturated rings. The van der Waals surface area contributed by atoms with Crippen LogP contribution in [0.15, 0.2) is 35.3 Å². The largest absolute Gasteiger partial charge is 0.494 e. The van der Waals surface area contributed by atoms with E-state index in [1.54, 1.807) is 0 Å². The zero-order valence-corrected chi connectivity index (χ0v) is 14.7. The van der Waals surface area contributed by atoms with Gasteiger partial charge < -0.3 is 20.5 Å². The van der Waals surface area contributed by atoms with Crippen LogP contribution in [0.5, 0.6) is 5.75 Å². The van der Waals surface area contributed by atoms with E-state index in [4.69, 9.17) is 15.2 Å². The first-order valence-corrected chi connectivity index (χ1v) is 8.81. The highest BCUT2D eigenvalue weighted by molar-refractivity contribution is 5.35. The Balaban J connectivity index is 1.39. The summed E-state index contributed by atoms with van der Waals surface area (Å²) in [5.74, 6) is 1.28. The lowest BCUT2D eigenvalue weighted by Crippen LogP contribution is -2.35. The minimum Gasteiger partial charge on any atom is -0.494 e. The van der Waals surface area contributed by atoms with Crippen LogP contribution in [0.2, 0.25) is 0 Å². The molecule has 1 saturated heterocycles. The molecule has 8 nitrogen and oxygen atoms in total. The standard InChI is InChI=1S/C18H25N5O3/c19-16-12-21-18(22-17(16)24)20-5-2-8-26-15-4-1-3-14(11-15)13-23-6-9-25-10-7-23/h1,3-4,11-12H,2,5-10,13,19H2,(H2,20,21,22,24). The average molecular weight is 359 g/mol. The van der Waals surface area contributed by atoms with Gasteiger partial charge in [0.25, 0.3) is 5.56 Å². The molecule has 26 heavy (non-hydrogen) atoms. The van der Waals surface area contributed by atoms with Gasteiger partial charge in [0.2, 0.25) is 5.95 Å². The zero-order chi connectivity index (χ0) is 18.2. The Kier molecular flexibility index (Phi) is 6.45. The Morgan fingerprint density at radius 1 is 1.35 bits per heavy atom. The fourth-order valence-corrected chi connectivity index (χ4v) is 2.71. The molecular weight excluding hydrogens is 334 g/mol. The smallest absolute Gasteiger partial charge is 0.275 e. The van der Waals surface area contributed by atoms with E-state index >= 15 is 0 Å². The molecule has 2 heterocycles. The summed E-state index contributed by atoms with van der Waals surface area (Å²) in [4.78, 5) is 20.4. The van der Waals surface area contributed by atoms with Gasteiger partial charge in [-0.15, -0.1) is 0 Å². The molecule has 0 amide bonds. The van der Waals surface area contributed by atoms with E-state index in [0.717, 1.165) is 45.0 Å². The number of aromatic nitrogens is 2. The molecule has 3 rings (SSSR count). The number of morpholine rings is 1. The lowest BCUT2D eigenvalue weighted by molar-refractivity contribution is 0.0341. The molecule has 0 saturated carbocycles. The number of aromatic amines is 1. The molecule has 8 heteroatoms. The SMILES string of the molecule is Nc1cnc(NCCCOc2cccc(CN3CCOCC3)c2)[nH]c1=O. The van der Waals surface area contributed by atoms with Crippen molar-refractivity contribution in [2.75, 3.05) is 50.5 Å². The van der Waals surface area contributed by atoms with Crippen molar-refractivity contribution < 1.29 is 9.47 Å². The maximum Gasteiger partial charge on any atom is 0.275 e. The first kappa shape index (κ1) is 18.2. The molecule has 0 spiro atoms. The van der Waals surface area contributed by atoms with E-state index < -0.39 is 0 Å². The van der Waals surface area contributed by atoms with Crippen LogP contribution in [0.25, 0.3) is 0 Å². The summed E-state index contributed by atoms with van der Waals surface area (Å²) >= 11 is 0. The van der Waals surface area contributed by atoms with Crippen molar-refractivity contribution in [3.8, 4) is 5.75 Å². The highest BCUT2D eigenvalue weighted by Gasteiger charge is 2.10. The van der Waals surface area contributed by atoms with Crippen LogP contribution in [-0.4, -0.2) is 54.3 Å². The third-order valence-electron chi connectivity index (χ3n) is 4.12. The first-order valence-electron chi connectivity index (χ1n) is 8.81. The summed E-state index contributed by atoms with van der Waals surface area (Å²) in [6.07, 6.45) is 2.12. The predicted molar refractivity (Wildman–Crippen MR) is 100 cm³/mol. The molecule has 1 aliphatic heterocycles. The molecule has 0 aliphatic carbocycles. The van der Waals surface area contributed by atoms with E-state index in [-0.39, 0.29) is 11.2 Å². The van der Waals surface area contributed by atoms with Crippen LogP contribution in [-0.2, 0) is 11.3 Å². The molecule has 1 aliphatic rings. The summed E-state index contributed by atoms with van der Waals surface area (Å²) < 4.78 is 11.2. The second-order valence-corrected chi connectivity index (χ2v) is 6.18. The third-order valence-corrected chi connectivity index (χ3v) is 4.12. The fraction of sp³-hybridized carbons (Fsp3) is 0.444. The predicted octanol–water partition coefficient (Wildman–Crippen LogP) is 1.07. The monoisotopic (exact) mass is 359 g/mol. The molecule has 0 bridgehead atoms. The average Bonchev–Trinajstić information content (AvgIpc) is 2.65. The molecule has 1 aromatic heterocycles. The number of benzene rings is 1. The van der Waals surface area contributed by atoms with Crippen molar-refractivity contribution in [1.82, 2.24) is 14.9 Å². The van der Waals surface area contributed by atoms with Crippen molar-refractivity contribution in [3.63, 3.8) is 0 Å². The number of ether oxygens (including phenoxy) is 2. The maximum absolute atomic E-state index is 11.4. The van der Waals surface area contributed by atoms with E-state index in [2.05, 4.69) is 32.3 Å². The van der Waals surface area contributed by atoms with Gasteiger partial charge in [0, 0.05) is 26.2 Å². The van der Waals surface area contributed by atoms with Crippen molar-refractivity contribution in [2.45, 2.75) is 13.0 Å². The minimum absolute atomic E-state index is 0.107. The number of rotatable bonds is 8. The number of hydrogen-bond acceptors (Lipinski definition) is 7. The summed E-state index contributed by atoms with van der Waals surface area (Å²) in [7, 11) is 0. The van der Waals surface area contributed by atoms with Gasteiger partial charge in [-0.2, -0.15) is 0 Å². The van der Waals surface area contributed by atoms with E-state index in [1.807, 2.05) is 12.1 Å². The van der Waals surface area contributed by atoms with Crippen molar-refractivity contribution in [1.29, 1.82) is 0 Å². The van der Waals surface area contributed by atoms with Gasteiger partial charge >= 0.3 is 0 Å². The maximum atomic E-state index is 11.4. The van der Waals surface area contributed by atoms with Gasteiger partial charge in [-0.05, 0) is 24.1 Å². The number of nitrogens with two attached hydrogens (primary N) is 1.